The third-order valence-corrected chi connectivity index (χ3v) is 1.96. The van der Waals surface area contributed by atoms with E-state index in [9.17, 15) is 18.0 Å². The molecule has 0 radical (unpaired) electrons. The van der Waals surface area contributed by atoms with Crippen molar-refractivity contribution in [2.75, 3.05) is 0 Å². The fraction of sp³-hybridized carbons (Fsp3) is 0.900. The normalized spacial score (nSPS) is 11.7. The number of hydrogen-bond acceptors (Lipinski definition) is 1. The van der Waals surface area contributed by atoms with Gasteiger partial charge in [0.05, 0.1) is 0 Å². The van der Waals surface area contributed by atoms with Gasteiger partial charge in [-0.15, -0.1) is 0 Å². The summed E-state index contributed by atoms with van der Waals surface area (Å²) in [6.07, 6.45) is -0.878. The van der Waals surface area contributed by atoms with Gasteiger partial charge in [-0.25, -0.2) is 0 Å². The molecule has 0 N–H and O–H groups in total. The van der Waals surface area contributed by atoms with Crippen LogP contribution < -0.4 is 0 Å². The van der Waals surface area contributed by atoms with Crippen molar-refractivity contribution in [3.63, 3.8) is 0 Å². The van der Waals surface area contributed by atoms with Crippen molar-refractivity contribution >= 4 is 5.78 Å². The molecule has 0 heterocycles. The number of carbonyl (C=O) groups excluding carboxylic acids is 1. The van der Waals surface area contributed by atoms with Gasteiger partial charge in [0.1, 0.15) is 12.2 Å². The summed E-state index contributed by atoms with van der Waals surface area (Å²) in [7, 11) is 0. The lowest BCUT2D eigenvalue weighted by Gasteiger charge is -2.04. The number of unbranched alkanes of at least 4 members (excludes halogenated alkanes) is 4. The van der Waals surface area contributed by atoms with Crippen LogP contribution in [-0.2, 0) is 4.79 Å². The highest BCUT2D eigenvalue weighted by atomic mass is 19.4. The van der Waals surface area contributed by atoms with E-state index in [1.165, 1.54) is 0 Å². The first-order chi connectivity index (χ1) is 6.45. The molecule has 0 atom stereocenters. The molecular formula is C10H17F3O. The fourth-order valence-electron chi connectivity index (χ4n) is 1.24. The molecule has 4 heteroatoms. The van der Waals surface area contributed by atoms with Crippen LogP contribution in [-0.4, -0.2) is 12.0 Å². The average molecular weight is 210 g/mol. The Morgan fingerprint density at radius 1 is 1.07 bits per heavy atom. The first-order valence-corrected chi connectivity index (χ1v) is 5.04. The Morgan fingerprint density at radius 2 is 1.64 bits per heavy atom. The molecule has 14 heavy (non-hydrogen) atoms. The molecule has 0 aromatic carbocycles. The summed E-state index contributed by atoms with van der Waals surface area (Å²) in [4.78, 5) is 10.8. The molecule has 0 spiro atoms. The molecule has 0 unspecified atom stereocenters. The van der Waals surface area contributed by atoms with Gasteiger partial charge in [-0.2, -0.15) is 13.2 Å². The molecule has 1 nitrogen and oxygen atoms in total. The van der Waals surface area contributed by atoms with Crippen LogP contribution in [0.25, 0.3) is 0 Å². The highest BCUT2D eigenvalue weighted by Gasteiger charge is 2.30. The van der Waals surface area contributed by atoms with E-state index in [-0.39, 0.29) is 6.42 Å². The molecule has 0 aliphatic heterocycles. The number of ketones is 1. The van der Waals surface area contributed by atoms with Crippen LogP contribution in [0.5, 0.6) is 0 Å². The highest BCUT2D eigenvalue weighted by Crippen LogP contribution is 2.21. The van der Waals surface area contributed by atoms with E-state index < -0.39 is 18.4 Å². The van der Waals surface area contributed by atoms with Crippen molar-refractivity contribution in [2.24, 2.45) is 0 Å². The second-order valence-corrected chi connectivity index (χ2v) is 3.49. The molecule has 0 bridgehead atoms. The lowest BCUT2D eigenvalue weighted by Crippen LogP contribution is -2.14. The van der Waals surface area contributed by atoms with Crippen molar-refractivity contribution in [3.8, 4) is 0 Å². The summed E-state index contributed by atoms with van der Waals surface area (Å²) < 4.78 is 35.1. The van der Waals surface area contributed by atoms with Crippen LogP contribution in [0.4, 0.5) is 13.2 Å². The molecular weight excluding hydrogens is 193 g/mol. The lowest BCUT2D eigenvalue weighted by atomic mass is 10.1. The number of halogens is 3. The second kappa shape index (κ2) is 6.85. The minimum absolute atomic E-state index is 0.0726. The topological polar surface area (TPSA) is 17.1 Å². The summed E-state index contributed by atoms with van der Waals surface area (Å²) in [5, 5.41) is 0. The Morgan fingerprint density at radius 3 is 2.14 bits per heavy atom. The minimum atomic E-state index is -4.33. The SMILES string of the molecule is CCCCCCCC(=O)CC(F)(F)F. The Bertz CT molecular complexity index is 163. The van der Waals surface area contributed by atoms with E-state index in [1.54, 1.807) is 0 Å². The van der Waals surface area contributed by atoms with Crippen LogP contribution in [0.2, 0.25) is 0 Å². The molecule has 0 aromatic rings. The number of hydrogen-bond donors (Lipinski definition) is 0. The second-order valence-electron chi connectivity index (χ2n) is 3.49. The third kappa shape index (κ3) is 9.55. The molecule has 0 fully saturated rings. The first kappa shape index (κ1) is 13.5. The van der Waals surface area contributed by atoms with Gasteiger partial charge in [-0.1, -0.05) is 32.6 Å². The summed E-state index contributed by atoms with van der Waals surface area (Å²) >= 11 is 0. The van der Waals surface area contributed by atoms with Crippen molar-refractivity contribution < 1.29 is 18.0 Å². The lowest BCUT2D eigenvalue weighted by molar-refractivity contribution is -0.152. The zero-order valence-corrected chi connectivity index (χ0v) is 8.49. The van der Waals surface area contributed by atoms with E-state index in [4.69, 9.17) is 0 Å². The highest BCUT2D eigenvalue weighted by molar-refractivity contribution is 5.78. The summed E-state index contributed by atoms with van der Waals surface area (Å²) in [5.74, 6) is -0.686. The molecule has 0 saturated carbocycles. The third-order valence-electron chi connectivity index (χ3n) is 1.96. The summed E-state index contributed by atoms with van der Waals surface area (Å²) in [6, 6.07) is 0. The van der Waals surface area contributed by atoms with E-state index in [0.29, 0.717) is 6.42 Å². The van der Waals surface area contributed by atoms with Crippen LogP contribution in [0, 0.1) is 0 Å². The molecule has 0 saturated heterocycles. The van der Waals surface area contributed by atoms with Crippen LogP contribution in [0.15, 0.2) is 0 Å². The van der Waals surface area contributed by atoms with Crippen molar-refractivity contribution in [3.05, 3.63) is 0 Å². The maximum Gasteiger partial charge on any atom is 0.395 e. The Kier molecular flexibility index (Phi) is 6.58. The molecule has 0 aromatic heterocycles. The van der Waals surface area contributed by atoms with Crippen LogP contribution in [0.3, 0.4) is 0 Å². The first-order valence-electron chi connectivity index (χ1n) is 5.04. The summed E-state index contributed by atoms with van der Waals surface area (Å²) in [5.41, 5.74) is 0. The standard InChI is InChI=1S/C10H17F3O/c1-2-3-4-5-6-7-9(14)8-10(11,12)13/h2-8H2,1H3. The van der Waals surface area contributed by atoms with E-state index in [2.05, 4.69) is 6.92 Å². The minimum Gasteiger partial charge on any atom is -0.299 e. The van der Waals surface area contributed by atoms with E-state index in [0.717, 1.165) is 25.7 Å². The molecule has 0 aliphatic rings. The van der Waals surface area contributed by atoms with Gasteiger partial charge < -0.3 is 0 Å². The van der Waals surface area contributed by atoms with Crippen molar-refractivity contribution in [1.82, 2.24) is 0 Å². The molecule has 0 aliphatic carbocycles. The van der Waals surface area contributed by atoms with Crippen LogP contribution in [0.1, 0.15) is 51.9 Å². The zero-order valence-electron chi connectivity index (χ0n) is 8.49. The fourth-order valence-corrected chi connectivity index (χ4v) is 1.24. The predicted molar refractivity (Wildman–Crippen MR) is 49.1 cm³/mol. The Balaban J connectivity index is 3.36. The van der Waals surface area contributed by atoms with Gasteiger partial charge in [0.2, 0.25) is 0 Å². The maximum absolute atomic E-state index is 11.7. The quantitative estimate of drug-likeness (QED) is 0.583. The monoisotopic (exact) mass is 210 g/mol. The van der Waals surface area contributed by atoms with Gasteiger partial charge in [-0.3, -0.25) is 4.79 Å². The van der Waals surface area contributed by atoms with Crippen LogP contribution >= 0.6 is 0 Å². The van der Waals surface area contributed by atoms with E-state index in [1.807, 2.05) is 0 Å². The van der Waals surface area contributed by atoms with Gasteiger partial charge in [0.25, 0.3) is 0 Å². The molecule has 0 rings (SSSR count). The number of Topliss-reactive ketones (excluding diaryl/α,β-unsaturated/α-hetero) is 1. The maximum atomic E-state index is 11.7. The smallest absolute Gasteiger partial charge is 0.299 e. The molecule has 0 amide bonds. The average Bonchev–Trinajstić information content (AvgIpc) is 2.00. The van der Waals surface area contributed by atoms with Gasteiger partial charge >= 0.3 is 6.18 Å². The predicted octanol–water partition coefficient (Wildman–Crippen LogP) is 3.87. The van der Waals surface area contributed by atoms with Crippen molar-refractivity contribution in [1.29, 1.82) is 0 Å². The number of rotatable bonds is 7. The largest absolute Gasteiger partial charge is 0.395 e. The number of alkyl halides is 3. The van der Waals surface area contributed by atoms with Gasteiger partial charge in [0.15, 0.2) is 0 Å². The Labute approximate surface area is 82.7 Å². The van der Waals surface area contributed by atoms with Gasteiger partial charge in [-0.05, 0) is 6.42 Å². The van der Waals surface area contributed by atoms with E-state index >= 15 is 0 Å². The van der Waals surface area contributed by atoms with Crippen molar-refractivity contribution in [2.45, 2.75) is 58.0 Å². The zero-order chi connectivity index (χ0) is 11.0. The van der Waals surface area contributed by atoms with Gasteiger partial charge in [0, 0.05) is 6.42 Å². The summed E-state index contributed by atoms with van der Waals surface area (Å²) in [6.45, 7) is 2.06. The Hall–Kier alpha value is -0.540. The number of carbonyl (C=O) groups is 1. The molecule has 84 valence electrons.